The van der Waals surface area contributed by atoms with Crippen LogP contribution in [0.2, 0.25) is 0 Å². The van der Waals surface area contributed by atoms with E-state index in [9.17, 15) is 9.59 Å². The molecule has 2 aromatic carbocycles. The van der Waals surface area contributed by atoms with Crippen molar-refractivity contribution in [3.63, 3.8) is 0 Å². The zero-order chi connectivity index (χ0) is 19.5. The number of nitrogens with one attached hydrogen (secondary N) is 3. The summed E-state index contributed by atoms with van der Waals surface area (Å²) in [6, 6.07) is 14.4. The van der Waals surface area contributed by atoms with Gasteiger partial charge >= 0.3 is 0 Å². The quantitative estimate of drug-likeness (QED) is 0.592. The molecule has 0 spiro atoms. The average molecular weight is 377 g/mol. The number of ether oxygens (including phenoxy) is 1. The molecule has 144 valence electrons. The lowest BCUT2D eigenvalue weighted by Gasteiger charge is -2.18. The maximum atomic E-state index is 12.8. The second-order valence-corrected chi connectivity index (χ2v) is 7.10. The molecule has 4 rings (SSSR count). The third-order valence-corrected chi connectivity index (χ3v) is 5.00. The largest absolute Gasteiger partial charge is 0.497 e. The summed E-state index contributed by atoms with van der Waals surface area (Å²) in [5, 5.41) is 6.97. The van der Waals surface area contributed by atoms with Gasteiger partial charge in [-0.1, -0.05) is 18.2 Å². The van der Waals surface area contributed by atoms with E-state index >= 15 is 0 Å². The molecule has 0 unspecified atom stereocenters. The minimum absolute atomic E-state index is 0.144. The third-order valence-electron chi connectivity index (χ3n) is 5.00. The van der Waals surface area contributed by atoms with E-state index in [0.29, 0.717) is 17.7 Å². The van der Waals surface area contributed by atoms with Gasteiger partial charge < -0.3 is 20.4 Å². The Morgan fingerprint density at radius 1 is 1.14 bits per heavy atom. The summed E-state index contributed by atoms with van der Waals surface area (Å²) in [7, 11) is 1.58. The van der Waals surface area contributed by atoms with Crippen LogP contribution in [0.15, 0.2) is 54.7 Å². The predicted molar refractivity (Wildman–Crippen MR) is 107 cm³/mol. The SMILES string of the molecule is COc1ccc(C(=O)N[C@@H](Cc2c[nH]c3ccccc23)C(=O)NC2CC2)cc1. The molecule has 1 heterocycles. The second kappa shape index (κ2) is 7.76. The average Bonchev–Trinajstić information content (AvgIpc) is 3.45. The molecule has 0 radical (unpaired) electrons. The maximum absolute atomic E-state index is 12.8. The van der Waals surface area contributed by atoms with Crippen molar-refractivity contribution >= 4 is 22.7 Å². The third kappa shape index (κ3) is 4.01. The Balaban J connectivity index is 1.54. The van der Waals surface area contributed by atoms with Crippen LogP contribution in [0.5, 0.6) is 5.75 Å². The van der Waals surface area contributed by atoms with E-state index in [1.165, 1.54) is 0 Å². The zero-order valence-corrected chi connectivity index (χ0v) is 15.7. The van der Waals surface area contributed by atoms with Gasteiger partial charge in [0.2, 0.25) is 5.91 Å². The lowest BCUT2D eigenvalue weighted by molar-refractivity contribution is -0.123. The Morgan fingerprint density at radius 2 is 1.89 bits per heavy atom. The lowest BCUT2D eigenvalue weighted by atomic mass is 10.0. The van der Waals surface area contributed by atoms with Gasteiger partial charge in [-0.2, -0.15) is 0 Å². The van der Waals surface area contributed by atoms with Crippen LogP contribution in [0, 0.1) is 0 Å². The van der Waals surface area contributed by atoms with Crippen LogP contribution < -0.4 is 15.4 Å². The van der Waals surface area contributed by atoms with Crippen LogP contribution in [0.1, 0.15) is 28.8 Å². The molecule has 0 bridgehead atoms. The standard InChI is InChI=1S/C22H23N3O3/c1-28-17-10-6-14(7-11-17)21(26)25-20(22(27)24-16-8-9-16)12-15-13-23-19-5-3-2-4-18(15)19/h2-7,10-11,13,16,20,23H,8-9,12H2,1H3,(H,24,27)(H,25,26)/t20-/m0/s1. The number of benzene rings is 2. The molecule has 6 heteroatoms. The van der Waals surface area contributed by atoms with Gasteiger partial charge in [0.1, 0.15) is 11.8 Å². The van der Waals surface area contributed by atoms with E-state index in [-0.39, 0.29) is 17.9 Å². The molecule has 28 heavy (non-hydrogen) atoms. The van der Waals surface area contributed by atoms with Gasteiger partial charge in [0.25, 0.3) is 5.91 Å². The lowest BCUT2D eigenvalue weighted by Crippen LogP contribution is -2.48. The molecule has 0 saturated heterocycles. The van der Waals surface area contributed by atoms with Gasteiger partial charge in [0.05, 0.1) is 7.11 Å². The first kappa shape index (κ1) is 18.1. The molecule has 1 atom stereocenters. The number of rotatable bonds is 7. The highest BCUT2D eigenvalue weighted by molar-refractivity contribution is 5.98. The van der Waals surface area contributed by atoms with E-state index in [2.05, 4.69) is 15.6 Å². The van der Waals surface area contributed by atoms with Crippen LogP contribution in [0.3, 0.4) is 0 Å². The highest BCUT2D eigenvalue weighted by atomic mass is 16.5. The normalized spacial score (nSPS) is 14.5. The number of fused-ring (bicyclic) bond motifs is 1. The smallest absolute Gasteiger partial charge is 0.251 e. The Morgan fingerprint density at radius 3 is 2.61 bits per heavy atom. The number of hydrogen-bond acceptors (Lipinski definition) is 3. The Bertz CT molecular complexity index is 990. The summed E-state index contributed by atoms with van der Waals surface area (Å²) < 4.78 is 5.13. The Kier molecular flexibility index (Phi) is 5.02. The fourth-order valence-corrected chi connectivity index (χ4v) is 3.24. The number of hydrogen-bond donors (Lipinski definition) is 3. The predicted octanol–water partition coefficient (Wildman–Crippen LogP) is 2.80. The Hall–Kier alpha value is -3.28. The first-order valence-corrected chi connectivity index (χ1v) is 9.44. The molecule has 3 aromatic rings. The summed E-state index contributed by atoms with van der Waals surface area (Å²) in [6.45, 7) is 0. The van der Waals surface area contributed by atoms with Crippen molar-refractivity contribution in [3.05, 3.63) is 65.9 Å². The topological polar surface area (TPSA) is 83.2 Å². The van der Waals surface area contributed by atoms with Crippen LogP contribution in [-0.2, 0) is 11.2 Å². The number of carbonyl (C=O) groups is 2. The molecule has 1 saturated carbocycles. The molecule has 1 aliphatic rings. The van der Waals surface area contributed by atoms with Crippen molar-refractivity contribution in [1.82, 2.24) is 15.6 Å². The van der Waals surface area contributed by atoms with E-state index < -0.39 is 6.04 Å². The van der Waals surface area contributed by atoms with Gasteiger partial charge in [-0.05, 0) is 48.7 Å². The summed E-state index contributed by atoms with van der Waals surface area (Å²) >= 11 is 0. The van der Waals surface area contributed by atoms with Crippen molar-refractivity contribution in [2.24, 2.45) is 0 Å². The highest BCUT2D eigenvalue weighted by Gasteiger charge is 2.29. The number of para-hydroxylation sites is 1. The van der Waals surface area contributed by atoms with Crippen molar-refractivity contribution in [1.29, 1.82) is 0 Å². The maximum Gasteiger partial charge on any atom is 0.251 e. The highest BCUT2D eigenvalue weighted by Crippen LogP contribution is 2.21. The van der Waals surface area contributed by atoms with Crippen LogP contribution >= 0.6 is 0 Å². The van der Waals surface area contributed by atoms with Crippen LogP contribution in [-0.4, -0.2) is 36.0 Å². The van der Waals surface area contributed by atoms with Crippen molar-refractivity contribution < 1.29 is 14.3 Å². The molecule has 1 fully saturated rings. The van der Waals surface area contributed by atoms with Gasteiger partial charge in [-0.3, -0.25) is 9.59 Å². The molecule has 0 aliphatic heterocycles. The second-order valence-electron chi connectivity index (χ2n) is 7.10. The number of carbonyl (C=O) groups excluding carboxylic acids is 2. The number of H-pyrrole nitrogens is 1. The first-order valence-electron chi connectivity index (χ1n) is 9.44. The zero-order valence-electron chi connectivity index (χ0n) is 15.7. The van der Waals surface area contributed by atoms with Crippen molar-refractivity contribution in [2.45, 2.75) is 31.3 Å². The molecular formula is C22H23N3O3. The van der Waals surface area contributed by atoms with Crippen LogP contribution in [0.4, 0.5) is 0 Å². The molecule has 1 aliphatic carbocycles. The van der Waals surface area contributed by atoms with E-state index in [1.54, 1.807) is 31.4 Å². The number of aromatic amines is 1. The molecule has 1 aromatic heterocycles. The number of amides is 2. The molecular weight excluding hydrogens is 354 g/mol. The van der Waals surface area contributed by atoms with Gasteiger partial charge in [-0.15, -0.1) is 0 Å². The van der Waals surface area contributed by atoms with Crippen LogP contribution in [0.25, 0.3) is 10.9 Å². The molecule has 6 nitrogen and oxygen atoms in total. The van der Waals surface area contributed by atoms with Gasteiger partial charge in [-0.25, -0.2) is 0 Å². The fourth-order valence-electron chi connectivity index (χ4n) is 3.24. The monoisotopic (exact) mass is 377 g/mol. The summed E-state index contributed by atoms with van der Waals surface area (Å²) in [5.41, 5.74) is 2.51. The van der Waals surface area contributed by atoms with E-state index in [1.807, 2.05) is 30.5 Å². The van der Waals surface area contributed by atoms with Crippen molar-refractivity contribution in [2.75, 3.05) is 7.11 Å². The number of methoxy groups -OCH3 is 1. The van der Waals surface area contributed by atoms with Crippen molar-refractivity contribution in [3.8, 4) is 5.75 Å². The summed E-state index contributed by atoms with van der Waals surface area (Å²) in [6.07, 6.45) is 4.32. The van der Waals surface area contributed by atoms with E-state index in [0.717, 1.165) is 29.3 Å². The first-order chi connectivity index (χ1) is 13.6. The minimum Gasteiger partial charge on any atom is -0.497 e. The fraction of sp³-hybridized carbons (Fsp3) is 0.273. The van der Waals surface area contributed by atoms with Gasteiger partial charge in [0, 0.05) is 35.1 Å². The summed E-state index contributed by atoms with van der Waals surface area (Å²) in [5.74, 6) is 0.256. The minimum atomic E-state index is -0.644. The number of aromatic nitrogens is 1. The summed E-state index contributed by atoms with van der Waals surface area (Å²) in [4.78, 5) is 28.7. The molecule has 2 amide bonds. The molecule has 3 N–H and O–H groups in total. The van der Waals surface area contributed by atoms with E-state index in [4.69, 9.17) is 4.74 Å². The Labute approximate surface area is 163 Å². The van der Waals surface area contributed by atoms with Gasteiger partial charge in [0.15, 0.2) is 0 Å².